The summed E-state index contributed by atoms with van der Waals surface area (Å²) in [5.74, 6) is 0. The van der Waals surface area contributed by atoms with Crippen LogP contribution in [0.3, 0.4) is 0 Å². The Hall–Kier alpha value is -2.15. The summed E-state index contributed by atoms with van der Waals surface area (Å²) in [6, 6.07) is 13.4. The molecule has 23 heavy (non-hydrogen) atoms. The van der Waals surface area contributed by atoms with E-state index in [2.05, 4.69) is 70.3 Å². The van der Waals surface area contributed by atoms with Gasteiger partial charge in [0, 0.05) is 17.1 Å². The van der Waals surface area contributed by atoms with E-state index < -0.39 is 0 Å². The lowest BCUT2D eigenvalue weighted by molar-refractivity contribution is 0.473. The van der Waals surface area contributed by atoms with Crippen LogP contribution in [0.2, 0.25) is 0 Å². The minimum Gasteiger partial charge on any atom is -0.255 e. The summed E-state index contributed by atoms with van der Waals surface area (Å²) >= 11 is 0. The zero-order valence-electron chi connectivity index (χ0n) is 14.4. The van der Waals surface area contributed by atoms with Crippen molar-refractivity contribution in [2.75, 3.05) is 0 Å². The fourth-order valence-corrected chi connectivity index (χ4v) is 4.02. The number of nitrogens with zero attached hydrogens (tertiary/aromatic N) is 1. The Balaban J connectivity index is 2.07. The molecule has 0 saturated heterocycles. The van der Waals surface area contributed by atoms with Gasteiger partial charge < -0.3 is 0 Å². The maximum Gasteiger partial charge on any atom is 0.0780 e. The normalized spacial score (nSPS) is 15.8. The van der Waals surface area contributed by atoms with Gasteiger partial charge in [-0.25, -0.2) is 0 Å². The maximum absolute atomic E-state index is 4.90. The molecule has 3 aromatic rings. The lowest BCUT2D eigenvalue weighted by Gasteiger charge is -2.32. The molecule has 4 rings (SSSR count). The van der Waals surface area contributed by atoms with Crippen LogP contribution < -0.4 is 0 Å². The highest BCUT2D eigenvalue weighted by Gasteiger charge is 2.29. The van der Waals surface area contributed by atoms with Crippen molar-refractivity contribution in [1.29, 1.82) is 0 Å². The second-order valence-electron chi connectivity index (χ2n) is 7.62. The number of hydrogen-bond donors (Lipinski definition) is 0. The van der Waals surface area contributed by atoms with Crippen LogP contribution >= 0.6 is 0 Å². The monoisotopic (exact) mass is 301 g/mol. The average molecular weight is 301 g/mol. The fraction of sp³-hybridized carbons (Fsp3) is 0.318. The molecule has 0 radical (unpaired) electrons. The van der Waals surface area contributed by atoms with E-state index in [9.17, 15) is 0 Å². The van der Waals surface area contributed by atoms with E-state index in [1.54, 1.807) is 0 Å². The molecule has 1 aliphatic rings. The third kappa shape index (κ3) is 2.26. The smallest absolute Gasteiger partial charge is 0.0780 e. The van der Waals surface area contributed by atoms with E-state index in [4.69, 9.17) is 4.98 Å². The largest absolute Gasteiger partial charge is 0.255 e. The van der Waals surface area contributed by atoms with Crippen LogP contribution in [0.5, 0.6) is 0 Å². The molecule has 1 aromatic heterocycles. The Kier molecular flexibility index (Phi) is 3.09. The van der Waals surface area contributed by atoms with E-state index in [0.717, 1.165) is 12.1 Å². The van der Waals surface area contributed by atoms with Gasteiger partial charge in [0.1, 0.15) is 0 Å². The second kappa shape index (κ2) is 4.92. The molecule has 0 bridgehead atoms. The molecule has 0 atom stereocenters. The molecule has 1 nitrogen and oxygen atoms in total. The van der Waals surface area contributed by atoms with E-state index >= 15 is 0 Å². The van der Waals surface area contributed by atoms with Gasteiger partial charge in [0.15, 0.2) is 0 Å². The molecule has 0 N–H and O–H groups in total. The minimum atomic E-state index is 0.209. The topological polar surface area (TPSA) is 12.9 Å². The van der Waals surface area contributed by atoms with Crippen LogP contribution in [0.15, 0.2) is 42.6 Å². The van der Waals surface area contributed by atoms with Crippen molar-refractivity contribution >= 4 is 10.8 Å². The highest BCUT2D eigenvalue weighted by atomic mass is 14.7. The Bertz CT molecular complexity index is 898. The van der Waals surface area contributed by atoms with Crippen molar-refractivity contribution in [3.05, 3.63) is 64.8 Å². The number of pyridine rings is 1. The van der Waals surface area contributed by atoms with Gasteiger partial charge in [0.05, 0.1) is 5.69 Å². The average Bonchev–Trinajstić information content (AvgIpc) is 2.50. The zero-order chi connectivity index (χ0) is 16.2. The predicted molar refractivity (Wildman–Crippen MR) is 98.0 cm³/mol. The summed E-state index contributed by atoms with van der Waals surface area (Å²) in [7, 11) is 0. The van der Waals surface area contributed by atoms with Gasteiger partial charge in [-0.05, 0) is 60.7 Å². The summed E-state index contributed by atoms with van der Waals surface area (Å²) in [5.41, 5.74) is 8.03. The van der Waals surface area contributed by atoms with E-state index in [-0.39, 0.29) is 5.41 Å². The molecule has 0 unspecified atom stereocenters. The molecule has 1 heterocycles. The lowest BCUT2D eigenvalue weighted by Crippen LogP contribution is -2.23. The first-order valence-corrected chi connectivity index (χ1v) is 8.45. The second-order valence-corrected chi connectivity index (χ2v) is 7.62. The maximum atomic E-state index is 4.90. The standard InChI is InChI=1S/C22H23N/c1-14-10-15(2)12-17(11-14)21-18-7-5-6-16-8-9-22(3,4)19(13-23-21)20(16)18/h5-7,10-13H,8-9H2,1-4H3. The fourth-order valence-electron chi connectivity index (χ4n) is 4.02. The Morgan fingerprint density at radius 2 is 1.74 bits per heavy atom. The van der Waals surface area contributed by atoms with Crippen LogP contribution in [0.4, 0.5) is 0 Å². The molecule has 1 aliphatic carbocycles. The first kappa shape index (κ1) is 14.4. The SMILES string of the molecule is Cc1cc(C)cc(-c2ncc3c4c(cccc24)CCC3(C)C)c1. The molecular weight excluding hydrogens is 278 g/mol. The van der Waals surface area contributed by atoms with Gasteiger partial charge >= 0.3 is 0 Å². The van der Waals surface area contributed by atoms with Gasteiger partial charge in [-0.15, -0.1) is 0 Å². The molecule has 0 aliphatic heterocycles. The number of aryl methyl sites for hydroxylation is 3. The molecule has 0 amide bonds. The molecule has 1 heteroatoms. The van der Waals surface area contributed by atoms with Crippen molar-refractivity contribution in [3.63, 3.8) is 0 Å². The number of rotatable bonds is 1. The highest BCUT2D eigenvalue weighted by molar-refractivity contribution is 5.99. The molecule has 116 valence electrons. The molecule has 0 fully saturated rings. The van der Waals surface area contributed by atoms with E-state index in [1.165, 1.54) is 45.0 Å². The van der Waals surface area contributed by atoms with Crippen LogP contribution in [0.25, 0.3) is 22.0 Å². The Morgan fingerprint density at radius 1 is 1.00 bits per heavy atom. The van der Waals surface area contributed by atoms with Crippen LogP contribution in [-0.4, -0.2) is 4.98 Å². The van der Waals surface area contributed by atoms with Crippen LogP contribution in [0, 0.1) is 13.8 Å². The predicted octanol–water partition coefficient (Wildman–Crippen LogP) is 5.74. The molecule has 2 aromatic carbocycles. The van der Waals surface area contributed by atoms with Crippen molar-refractivity contribution in [1.82, 2.24) is 4.98 Å². The van der Waals surface area contributed by atoms with Gasteiger partial charge in [-0.3, -0.25) is 4.98 Å². The van der Waals surface area contributed by atoms with Crippen LogP contribution in [-0.2, 0) is 11.8 Å². The van der Waals surface area contributed by atoms with E-state index in [1.807, 2.05) is 0 Å². The van der Waals surface area contributed by atoms with Gasteiger partial charge in [0.2, 0.25) is 0 Å². The van der Waals surface area contributed by atoms with Crippen molar-refractivity contribution in [2.24, 2.45) is 0 Å². The lowest BCUT2D eigenvalue weighted by atomic mass is 9.72. The summed E-state index contributed by atoms with van der Waals surface area (Å²) in [5, 5.41) is 2.74. The molecule has 0 saturated carbocycles. The number of aromatic nitrogens is 1. The number of hydrogen-bond acceptors (Lipinski definition) is 1. The van der Waals surface area contributed by atoms with Crippen molar-refractivity contribution < 1.29 is 0 Å². The molecule has 0 spiro atoms. The summed E-state index contributed by atoms with van der Waals surface area (Å²) in [4.78, 5) is 4.90. The quantitative estimate of drug-likeness (QED) is 0.558. The van der Waals surface area contributed by atoms with Crippen LogP contribution in [0.1, 0.15) is 42.5 Å². The summed E-state index contributed by atoms with van der Waals surface area (Å²) in [6.45, 7) is 9.00. The highest BCUT2D eigenvalue weighted by Crippen LogP contribution is 2.42. The van der Waals surface area contributed by atoms with Crippen molar-refractivity contribution in [3.8, 4) is 11.3 Å². The summed E-state index contributed by atoms with van der Waals surface area (Å²) < 4.78 is 0. The zero-order valence-corrected chi connectivity index (χ0v) is 14.4. The first-order valence-electron chi connectivity index (χ1n) is 8.45. The Labute approximate surface area is 138 Å². The van der Waals surface area contributed by atoms with Crippen molar-refractivity contribution in [2.45, 2.75) is 46.0 Å². The first-order chi connectivity index (χ1) is 11.0. The Morgan fingerprint density at radius 3 is 2.48 bits per heavy atom. The third-order valence-corrected chi connectivity index (χ3v) is 5.24. The minimum absolute atomic E-state index is 0.209. The van der Waals surface area contributed by atoms with Gasteiger partial charge in [0.25, 0.3) is 0 Å². The third-order valence-electron chi connectivity index (χ3n) is 5.24. The number of benzene rings is 2. The molecular formula is C22H23N. The van der Waals surface area contributed by atoms with E-state index in [0.29, 0.717) is 0 Å². The summed E-state index contributed by atoms with van der Waals surface area (Å²) in [6.07, 6.45) is 4.48. The van der Waals surface area contributed by atoms with Gasteiger partial charge in [-0.2, -0.15) is 0 Å². The van der Waals surface area contributed by atoms with Gasteiger partial charge in [-0.1, -0.05) is 49.2 Å².